The van der Waals surface area contributed by atoms with Gasteiger partial charge in [-0.3, -0.25) is 0 Å². The molecule has 0 aromatic heterocycles. The minimum absolute atomic E-state index is 0.274. The third kappa shape index (κ3) is 1.58. The molecule has 0 bridgehead atoms. The zero-order chi connectivity index (χ0) is 9.30. The number of nitrogens with two attached hydrogens (primary N) is 1. The number of aliphatic hydroxyl groups is 1. The first-order chi connectivity index (χ1) is 5.52. The van der Waals surface area contributed by atoms with Gasteiger partial charge in [-0.25, -0.2) is 4.99 Å². The van der Waals surface area contributed by atoms with Crippen molar-refractivity contribution in [3.8, 4) is 0 Å². The molecule has 4 nitrogen and oxygen atoms in total. The Bertz CT molecular complexity index is 232. The summed E-state index contributed by atoms with van der Waals surface area (Å²) in [5, 5.41) is 9.29. The van der Waals surface area contributed by atoms with E-state index in [0.29, 0.717) is 5.96 Å². The van der Waals surface area contributed by atoms with Gasteiger partial charge in [-0.1, -0.05) is 0 Å². The lowest BCUT2D eigenvalue weighted by Crippen LogP contribution is -2.42. The van der Waals surface area contributed by atoms with Crippen LogP contribution in [0, 0.1) is 0 Å². The minimum atomic E-state index is -0.764. The highest BCUT2D eigenvalue weighted by atomic mass is 16.3. The number of aliphatic imine (C=N–C) groups is 1. The van der Waals surface area contributed by atoms with Gasteiger partial charge < -0.3 is 15.7 Å². The maximum Gasteiger partial charge on any atom is 0.198 e. The Kier molecular flexibility index (Phi) is 2.38. The van der Waals surface area contributed by atoms with E-state index in [0.717, 1.165) is 5.57 Å². The van der Waals surface area contributed by atoms with Crippen LogP contribution in [0.3, 0.4) is 0 Å². The van der Waals surface area contributed by atoms with Gasteiger partial charge in [0, 0.05) is 12.2 Å². The maximum absolute atomic E-state index is 9.29. The predicted octanol–water partition coefficient (Wildman–Crippen LogP) is 0.247. The van der Waals surface area contributed by atoms with Crippen LogP contribution in [-0.4, -0.2) is 28.2 Å². The van der Waals surface area contributed by atoms with Crippen molar-refractivity contribution < 1.29 is 5.11 Å². The van der Waals surface area contributed by atoms with Crippen molar-refractivity contribution in [3.05, 3.63) is 11.8 Å². The number of hydrogen-bond acceptors (Lipinski definition) is 4. The average Bonchev–Trinajstić information content (AvgIpc) is 1.96. The fourth-order valence-corrected chi connectivity index (χ4v) is 1.06. The summed E-state index contributed by atoms with van der Waals surface area (Å²) in [6.45, 7) is 5.86. The Morgan fingerprint density at radius 3 is 2.75 bits per heavy atom. The molecule has 3 N–H and O–H groups in total. The lowest BCUT2D eigenvalue weighted by atomic mass is 10.2. The first kappa shape index (κ1) is 9.06. The van der Waals surface area contributed by atoms with Gasteiger partial charge in [-0.15, -0.1) is 0 Å². The van der Waals surface area contributed by atoms with Crippen LogP contribution >= 0.6 is 0 Å². The molecule has 1 rings (SSSR count). The highest BCUT2D eigenvalue weighted by Crippen LogP contribution is 2.13. The Balaban J connectivity index is 2.85. The SMILES string of the molecule is CC1=CN(C(C)C)C(N)=N[C@@H]1O. The zero-order valence-corrected chi connectivity index (χ0v) is 7.65. The average molecular weight is 169 g/mol. The van der Waals surface area contributed by atoms with Crippen LogP contribution in [-0.2, 0) is 0 Å². The summed E-state index contributed by atoms with van der Waals surface area (Å²) in [7, 11) is 0. The van der Waals surface area contributed by atoms with Gasteiger partial charge in [0.15, 0.2) is 12.2 Å². The molecule has 0 aromatic carbocycles. The smallest absolute Gasteiger partial charge is 0.198 e. The van der Waals surface area contributed by atoms with Crippen LogP contribution in [0.25, 0.3) is 0 Å². The summed E-state index contributed by atoms with van der Waals surface area (Å²) in [5.74, 6) is 0.378. The molecular weight excluding hydrogens is 154 g/mol. The van der Waals surface area contributed by atoms with E-state index >= 15 is 0 Å². The summed E-state index contributed by atoms with van der Waals surface area (Å²) >= 11 is 0. The van der Waals surface area contributed by atoms with E-state index in [1.54, 1.807) is 0 Å². The van der Waals surface area contributed by atoms with Gasteiger partial charge in [-0.2, -0.15) is 0 Å². The van der Waals surface area contributed by atoms with Crippen molar-refractivity contribution in [1.82, 2.24) is 4.90 Å². The Morgan fingerprint density at radius 1 is 1.67 bits per heavy atom. The fourth-order valence-electron chi connectivity index (χ4n) is 1.06. The van der Waals surface area contributed by atoms with Gasteiger partial charge in [0.2, 0.25) is 0 Å². The van der Waals surface area contributed by atoms with Crippen LogP contribution in [0.4, 0.5) is 0 Å². The lowest BCUT2D eigenvalue weighted by Gasteiger charge is -2.29. The highest BCUT2D eigenvalue weighted by Gasteiger charge is 2.18. The van der Waals surface area contributed by atoms with E-state index in [1.165, 1.54) is 0 Å². The van der Waals surface area contributed by atoms with Crippen molar-refractivity contribution in [2.75, 3.05) is 0 Å². The van der Waals surface area contributed by atoms with Gasteiger partial charge >= 0.3 is 0 Å². The number of rotatable bonds is 1. The molecule has 4 heteroatoms. The number of nitrogens with zero attached hydrogens (tertiary/aromatic N) is 2. The van der Waals surface area contributed by atoms with Crippen molar-refractivity contribution in [3.63, 3.8) is 0 Å². The Labute approximate surface area is 72.4 Å². The topological polar surface area (TPSA) is 61.8 Å². The zero-order valence-electron chi connectivity index (χ0n) is 7.65. The molecule has 0 radical (unpaired) electrons. The summed E-state index contributed by atoms with van der Waals surface area (Å²) in [5.41, 5.74) is 6.42. The summed E-state index contributed by atoms with van der Waals surface area (Å²) in [4.78, 5) is 5.71. The quantitative estimate of drug-likeness (QED) is 0.591. The van der Waals surface area contributed by atoms with Crippen LogP contribution in [0.2, 0.25) is 0 Å². The first-order valence-corrected chi connectivity index (χ1v) is 4.00. The van der Waals surface area contributed by atoms with E-state index in [9.17, 15) is 5.11 Å². The van der Waals surface area contributed by atoms with Gasteiger partial charge in [-0.05, 0) is 26.3 Å². The minimum Gasteiger partial charge on any atom is -0.369 e. The molecule has 0 amide bonds. The molecule has 12 heavy (non-hydrogen) atoms. The van der Waals surface area contributed by atoms with Crippen LogP contribution in [0.15, 0.2) is 16.8 Å². The molecule has 0 fully saturated rings. The van der Waals surface area contributed by atoms with E-state index < -0.39 is 6.23 Å². The van der Waals surface area contributed by atoms with Gasteiger partial charge in [0.05, 0.1) is 0 Å². The second-order valence-corrected chi connectivity index (χ2v) is 3.24. The maximum atomic E-state index is 9.29. The lowest BCUT2D eigenvalue weighted by molar-refractivity contribution is 0.209. The molecule has 1 heterocycles. The molecule has 0 unspecified atom stereocenters. The van der Waals surface area contributed by atoms with Crippen LogP contribution in [0.5, 0.6) is 0 Å². The third-order valence-corrected chi connectivity index (χ3v) is 1.83. The number of hydrogen-bond donors (Lipinski definition) is 2. The van der Waals surface area contributed by atoms with Crippen molar-refractivity contribution >= 4 is 5.96 Å². The molecule has 0 aromatic rings. The fraction of sp³-hybridized carbons (Fsp3) is 0.625. The number of aliphatic hydroxyl groups excluding tert-OH is 1. The predicted molar refractivity (Wildman–Crippen MR) is 48.4 cm³/mol. The van der Waals surface area contributed by atoms with E-state index in [4.69, 9.17) is 5.73 Å². The highest BCUT2D eigenvalue weighted by molar-refractivity contribution is 5.80. The summed E-state index contributed by atoms with van der Waals surface area (Å²) in [6, 6.07) is 0.274. The van der Waals surface area contributed by atoms with Crippen molar-refractivity contribution in [2.45, 2.75) is 33.0 Å². The molecule has 0 saturated heterocycles. The van der Waals surface area contributed by atoms with E-state index in [1.807, 2.05) is 31.9 Å². The largest absolute Gasteiger partial charge is 0.369 e. The van der Waals surface area contributed by atoms with Gasteiger partial charge in [0.25, 0.3) is 0 Å². The second-order valence-electron chi connectivity index (χ2n) is 3.24. The Morgan fingerprint density at radius 2 is 2.25 bits per heavy atom. The van der Waals surface area contributed by atoms with Crippen LogP contribution < -0.4 is 5.73 Å². The third-order valence-electron chi connectivity index (χ3n) is 1.83. The van der Waals surface area contributed by atoms with E-state index in [-0.39, 0.29) is 6.04 Å². The summed E-state index contributed by atoms with van der Waals surface area (Å²) < 4.78 is 0. The van der Waals surface area contributed by atoms with Crippen LogP contribution in [0.1, 0.15) is 20.8 Å². The van der Waals surface area contributed by atoms with Crippen molar-refractivity contribution in [2.24, 2.45) is 10.7 Å². The molecule has 1 aliphatic heterocycles. The Hall–Kier alpha value is -1.03. The number of guanidine groups is 1. The molecular formula is C8H15N3O. The van der Waals surface area contributed by atoms with E-state index in [2.05, 4.69) is 4.99 Å². The second kappa shape index (κ2) is 3.15. The van der Waals surface area contributed by atoms with Crippen molar-refractivity contribution in [1.29, 1.82) is 0 Å². The molecule has 0 spiro atoms. The molecule has 1 aliphatic rings. The normalized spacial score (nSPS) is 24.1. The first-order valence-electron chi connectivity index (χ1n) is 4.00. The molecule has 1 atom stereocenters. The molecule has 0 aliphatic carbocycles. The monoisotopic (exact) mass is 169 g/mol. The summed E-state index contributed by atoms with van der Waals surface area (Å²) in [6.07, 6.45) is 1.07. The standard InChI is InChI=1S/C8H15N3O/c1-5(2)11-4-6(3)7(12)10-8(11)9/h4-5,7,12H,1-3H3,(H2,9,10)/t7-/m1/s1. The molecule has 0 saturated carbocycles. The van der Waals surface area contributed by atoms with Gasteiger partial charge in [0.1, 0.15) is 0 Å². The molecule has 68 valence electrons.